The number of sulfone groups is 1. The number of ketones is 1. The predicted octanol–water partition coefficient (Wildman–Crippen LogP) is 3.57. The summed E-state index contributed by atoms with van der Waals surface area (Å²) in [6.07, 6.45) is 2.17. The minimum atomic E-state index is -3.78. The molecule has 0 heterocycles. The van der Waals surface area contributed by atoms with Gasteiger partial charge in [0.1, 0.15) is 4.91 Å². The number of allylic oxidation sites excluding steroid dienone is 1. The summed E-state index contributed by atoms with van der Waals surface area (Å²) in [5, 5.41) is 10.8. The molecule has 0 bridgehead atoms. The molecule has 2 aromatic carbocycles. The van der Waals surface area contributed by atoms with Gasteiger partial charge in [0.05, 0.1) is 10.7 Å². The lowest BCUT2D eigenvalue weighted by Crippen LogP contribution is -2.15. The number of non-ortho nitro benzene ring substituents is 1. The second kappa shape index (κ2) is 8.53. The number of rotatable bonds is 8. The molecule has 0 saturated carbocycles. The van der Waals surface area contributed by atoms with Crippen molar-refractivity contribution in [1.29, 1.82) is 0 Å². The van der Waals surface area contributed by atoms with Crippen LogP contribution in [0.25, 0.3) is 6.08 Å². The molecule has 0 spiro atoms. The Kier molecular flexibility index (Phi) is 6.41. The molecule has 0 amide bonds. The lowest BCUT2D eigenvalue weighted by atomic mass is 10.1. The minimum absolute atomic E-state index is 0.164. The number of Topliss-reactive ketones (excluding diaryl/α,β-unsaturated/α-hetero) is 1. The lowest BCUT2D eigenvalue weighted by molar-refractivity contribution is -0.384. The van der Waals surface area contributed by atoms with Gasteiger partial charge in [0.2, 0.25) is 0 Å². The van der Waals surface area contributed by atoms with Crippen molar-refractivity contribution in [3.05, 3.63) is 80.7 Å². The van der Waals surface area contributed by atoms with Crippen LogP contribution in [-0.4, -0.2) is 24.9 Å². The van der Waals surface area contributed by atoms with Crippen LogP contribution < -0.4 is 0 Å². The van der Waals surface area contributed by atoms with Crippen molar-refractivity contribution >= 4 is 27.4 Å². The standard InChI is InChI=1S/C19H19NO5S/c1-15(21)19(14-17-9-5-11-18(13-17)20(22)23)26(24,25)12-6-10-16-7-3-2-4-8-16/h2-5,7-9,11,13-14H,6,10,12H2,1H3. The maximum absolute atomic E-state index is 12.6. The van der Waals surface area contributed by atoms with E-state index in [0.29, 0.717) is 18.4 Å². The van der Waals surface area contributed by atoms with Crippen LogP contribution in [0.5, 0.6) is 0 Å². The van der Waals surface area contributed by atoms with Gasteiger partial charge in [0.15, 0.2) is 15.6 Å². The summed E-state index contributed by atoms with van der Waals surface area (Å²) in [6, 6.07) is 15.0. The third kappa shape index (κ3) is 5.35. The number of nitrogens with zero attached hydrogens (tertiary/aromatic N) is 1. The second-order valence-electron chi connectivity index (χ2n) is 5.82. The molecule has 2 aromatic rings. The van der Waals surface area contributed by atoms with Crippen LogP contribution in [0.2, 0.25) is 0 Å². The molecule has 7 heteroatoms. The Bertz CT molecular complexity index is 933. The Labute approximate surface area is 152 Å². The van der Waals surface area contributed by atoms with Crippen molar-refractivity contribution in [1.82, 2.24) is 0 Å². The van der Waals surface area contributed by atoms with Crippen molar-refractivity contribution in [2.45, 2.75) is 19.8 Å². The van der Waals surface area contributed by atoms with Crippen LogP contribution >= 0.6 is 0 Å². The average molecular weight is 373 g/mol. The zero-order valence-electron chi connectivity index (χ0n) is 14.3. The molecule has 0 aromatic heterocycles. The van der Waals surface area contributed by atoms with Gasteiger partial charge in [0, 0.05) is 12.1 Å². The van der Waals surface area contributed by atoms with Gasteiger partial charge < -0.3 is 0 Å². The highest BCUT2D eigenvalue weighted by molar-refractivity contribution is 7.96. The van der Waals surface area contributed by atoms with E-state index in [9.17, 15) is 23.3 Å². The number of nitro benzene ring substituents is 1. The number of carbonyl (C=O) groups is 1. The van der Waals surface area contributed by atoms with Crippen molar-refractivity contribution < 1.29 is 18.1 Å². The Morgan fingerprint density at radius 3 is 2.42 bits per heavy atom. The zero-order chi connectivity index (χ0) is 19.2. The maximum atomic E-state index is 12.6. The molecule has 0 aliphatic rings. The van der Waals surface area contributed by atoms with E-state index in [1.165, 1.54) is 37.3 Å². The van der Waals surface area contributed by atoms with Gasteiger partial charge >= 0.3 is 0 Å². The molecule has 0 unspecified atom stereocenters. The van der Waals surface area contributed by atoms with Crippen molar-refractivity contribution in [3.8, 4) is 0 Å². The van der Waals surface area contributed by atoms with Crippen molar-refractivity contribution in [2.24, 2.45) is 0 Å². The third-order valence-corrected chi connectivity index (χ3v) is 5.68. The molecule has 26 heavy (non-hydrogen) atoms. The summed E-state index contributed by atoms with van der Waals surface area (Å²) >= 11 is 0. The topological polar surface area (TPSA) is 94.3 Å². The normalized spacial score (nSPS) is 12.0. The fraction of sp³-hybridized carbons (Fsp3) is 0.211. The fourth-order valence-corrected chi connectivity index (χ4v) is 4.01. The monoisotopic (exact) mass is 373 g/mol. The molecule has 0 saturated heterocycles. The van der Waals surface area contributed by atoms with Gasteiger partial charge in [-0.15, -0.1) is 0 Å². The molecule has 0 fully saturated rings. The fourth-order valence-electron chi connectivity index (χ4n) is 2.51. The SMILES string of the molecule is CC(=O)C(=Cc1cccc([N+](=O)[O-])c1)S(=O)(=O)CCCc1ccccc1. The second-order valence-corrected chi connectivity index (χ2v) is 7.90. The van der Waals surface area contributed by atoms with Crippen LogP contribution in [0.3, 0.4) is 0 Å². The molecular formula is C19H19NO5S. The van der Waals surface area contributed by atoms with E-state index >= 15 is 0 Å². The first kappa shape index (κ1) is 19.5. The number of carbonyl (C=O) groups excluding carboxylic acids is 1. The molecule has 0 aliphatic carbocycles. The van der Waals surface area contributed by atoms with Gasteiger partial charge in [-0.2, -0.15) is 0 Å². The van der Waals surface area contributed by atoms with Gasteiger partial charge in [-0.1, -0.05) is 42.5 Å². The molecule has 2 rings (SSSR count). The number of hydrogen-bond donors (Lipinski definition) is 0. The molecule has 0 N–H and O–H groups in total. The van der Waals surface area contributed by atoms with Gasteiger partial charge in [-0.25, -0.2) is 8.42 Å². The first-order valence-corrected chi connectivity index (χ1v) is 9.68. The number of hydrogen-bond acceptors (Lipinski definition) is 5. The summed E-state index contributed by atoms with van der Waals surface area (Å²) < 4.78 is 25.1. The van der Waals surface area contributed by atoms with Crippen LogP contribution in [0, 0.1) is 10.1 Å². The Morgan fingerprint density at radius 2 is 1.81 bits per heavy atom. The summed E-state index contributed by atoms with van der Waals surface area (Å²) in [4.78, 5) is 21.8. The average Bonchev–Trinajstić information content (AvgIpc) is 2.60. The minimum Gasteiger partial charge on any atom is -0.294 e. The summed E-state index contributed by atoms with van der Waals surface area (Å²) in [6.45, 7) is 1.18. The summed E-state index contributed by atoms with van der Waals surface area (Å²) in [7, 11) is -3.78. The highest BCUT2D eigenvalue weighted by Gasteiger charge is 2.22. The number of benzene rings is 2. The van der Waals surface area contributed by atoms with Crippen LogP contribution in [0.1, 0.15) is 24.5 Å². The van der Waals surface area contributed by atoms with Crippen molar-refractivity contribution in [3.63, 3.8) is 0 Å². The van der Waals surface area contributed by atoms with E-state index in [-0.39, 0.29) is 16.3 Å². The quantitative estimate of drug-likeness (QED) is 0.400. The van der Waals surface area contributed by atoms with E-state index in [2.05, 4.69) is 0 Å². The zero-order valence-corrected chi connectivity index (χ0v) is 15.1. The summed E-state index contributed by atoms with van der Waals surface area (Å²) in [5.41, 5.74) is 1.16. The Balaban J connectivity index is 2.20. The van der Waals surface area contributed by atoms with E-state index < -0.39 is 20.5 Å². The van der Waals surface area contributed by atoms with E-state index in [4.69, 9.17) is 0 Å². The lowest BCUT2D eigenvalue weighted by Gasteiger charge is -2.07. The van der Waals surface area contributed by atoms with Crippen LogP contribution in [-0.2, 0) is 21.1 Å². The largest absolute Gasteiger partial charge is 0.294 e. The summed E-state index contributed by atoms with van der Waals surface area (Å²) in [5.74, 6) is -0.751. The van der Waals surface area contributed by atoms with Gasteiger partial charge in [0.25, 0.3) is 5.69 Å². The molecule has 136 valence electrons. The number of nitro groups is 1. The van der Waals surface area contributed by atoms with Crippen LogP contribution in [0.15, 0.2) is 59.5 Å². The Morgan fingerprint density at radius 1 is 1.12 bits per heavy atom. The van der Waals surface area contributed by atoms with Crippen LogP contribution in [0.4, 0.5) is 5.69 Å². The van der Waals surface area contributed by atoms with E-state index in [0.717, 1.165) is 5.56 Å². The Hall–Kier alpha value is -2.80. The highest BCUT2D eigenvalue weighted by Crippen LogP contribution is 2.20. The maximum Gasteiger partial charge on any atom is 0.270 e. The molecule has 0 atom stereocenters. The van der Waals surface area contributed by atoms with Gasteiger partial charge in [-0.05, 0) is 37.0 Å². The van der Waals surface area contributed by atoms with Gasteiger partial charge in [-0.3, -0.25) is 14.9 Å². The number of aryl methyl sites for hydroxylation is 1. The van der Waals surface area contributed by atoms with E-state index in [1.54, 1.807) is 0 Å². The molecule has 0 aliphatic heterocycles. The smallest absolute Gasteiger partial charge is 0.270 e. The highest BCUT2D eigenvalue weighted by atomic mass is 32.2. The first-order valence-electron chi connectivity index (χ1n) is 8.03. The molecule has 6 nitrogen and oxygen atoms in total. The van der Waals surface area contributed by atoms with E-state index in [1.807, 2.05) is 30.3 Å². The third-order valence-electron chi connectivity index (χ3n) is 3.78. The van der Waals surface area contributed by atoms with Crippen molar-refractivity contribution in [2.75, 3.05) is 5.75 Å². The first-order chi connectivity index (χ1) is 12.3. The predicted molar refractivity (Wildman–Crippen MR) is 100 cm³/mol. The molecular weight excluding hydrogens is 354 g/mol. The molecule has 0 radical (unpaired) electrons.